The monoisotopic (exact) mass is 256 g/mol. The van der Waals surface area contributed by atoms with E-state index < -0.39 is 5.92 Å². The number of hydrogen-bond donors (Lipinski definition) is 2. The van der Waals surface area contributed by atoms with Crippen LogP contribution in [0.2, 0.25) is 0 Å². The Balaban J connectivity index is 1.99. The smallest absolute Gasteiger partial charge is 0.317 e. The number of carbonyl (C=O) groups excluding carboxylic acids is 2. The minimum absolute atomic E-state index is 0.0375. The average molecular weight is 256 g/mol. The lowest BCUT2D eigenvalue weighted by atomic mass is 10.1. The third-order valence-corrected chi connectivity index (χ3v) is 3.69. The maximum absolute atomic E-state index is 12.0. The first-order valence-corrected chi connectivity index (χ1v) is 6.04. The number of nitrogens with one attached hydrogen (secondary N) is 1. The van der Waals surface area contributed by atoms with Gasteiger partial charge in [0.15, 0.2) is 0 Å². The van der Waals surface area contributed by atoms with Crippen LogP contribution in [0, 0.1) is 5.92 Å². The van der Waals surface area contributed by atoms with Crippen molar-refractivity contribution in [3.8, 4) is 0 Å². The van der Waals surface area contributed by atoms with Crippen LogP contribution in [0.1, 0.15) is 6.92 Å². The van der Waals surface area contributed by atoms with E-state index in [-0.39, 0.29) is 23.0 Å². The number of hydrogen-bond acceptors (Lipinski definition) is 3. The zero-order valence-electron chi connectivity index (χ0n) is 9.68. The summed E-state index contributed by atoms with van der Waals surface area (Å²) < 4.78 is 0. The first kappa shape index (κ1) is 12.1. The van der Waals surface area contributed by atoms with Crippen molar-refractivity contribution in [3.63, 3.8) is 0 Å². The molecule has 0 aromatic heterocycles. The van der Waals surface area contributed by atoms with Crippen LogP contribution in [-0.4, -0.2) is 58.9 Å². The number of carbonyl (C=O) groups is 2. The zero-order valence-corrected chi connectivity index (χ0v) is 10.5. The second-order valence-corrected chi connectivity index (χ2v) is 4.91. The molecule has 3 amide bonds. The minimum Gasteiger partial charge on any atom is -0.393 e. The van der Waals surface area contributed by atoms with Gasteiger partial charge in [0.2, 0.25) is 5.91 Å². The van der Waals surface area contributed by atoms with Gasteiger partial charge in [-0.1, -0.05) is 12.2 Å². The summed E-state index contributed by atoms with van der Waals surface area (Å²) in [6.45, 7) is 4.01. The van der Waals surface area contributed by atoms with E-state index in [0.29, 0.717) is 26.2 Å². The number of amides is 3. The van der Waals surface area contributed by atoms with Crippen molar-refractivity contribution in [3.05, 3.63) is 0 Å². The van der Waals surface area contributed by atoms with Gasteiger partial charge in [-0.3, -0.25) is 4.79 Å². The van der Waals surface area contributed by atoms with Crippen molar-refractivity contribution >= 4 is 29.1 Å². The molecule has 2 unspecified atom stereocenters. The average Bonchev–Trinajstić information content (AvgIpc) is 2.68. The molecule has 94 valence electrons. The summed E-state index contributed by atoms with van der Waals surface area (Å²) in [6.07, 6.45) is 0. The fraction of sp³-hybridized carbons (Fsp3) is 0.700. The lowest BCUT2D eigenvalue weighted by Gasteiger charge is -2.37. The van der Waals surface area contributed by atoms with Gasteiger partial charge < -0.3 is 20.9 Å². The molecular weight excluding hydrogens is 240 g/mol. The molecule has 0 aromatic rings. The molecule has 0 spiro atoms. The van der Waals surface area contributed by atoms with Gasteiger partial charge in [0.25, 0.3) is 0 Å². The molecule has 0 bridgehead atoms. The molecular formula is C10H16N4O2S. The Labute approximate surface area is 105 Å². The number of nitrogens with two attached hydrogens (primary N) is 1. The lowest BCUT2D eigenvalue weighted by molar-refractivity contribution is -0.135. The van der Waals surface area contributed by atoms with Gasteiger partial charge in [-0.25, -0.2) is 4.79 Å². The van der Waals surface area contributed by atoms with Crippen molar-refractivity contribution in [1.29, 1.82) is 0 Å². The molecule has 2 aliphatic heterocycles. The number of nitrogens with zero attached hydrogens (tertiary/aromatic N) is 2. The minimum atomic E-state index is -0.429. The number of urea groups is 1. The van der Waals surface area contributed by atoms with Gasteiger partial charge >= 0.3 is 6.03 Å². The van der Waals surface area contributed by atoms with Crippen molar-refractivity contribution in [2.24, 2.45) is 11.7 Å². The van der Waals surface area contributed by atoms with E-state index >= 15 is 0 Å². The first-order valence-electron chi connectivity index (χ1n) is 5.63. The molecule has 3 N–H and O–H groups in total. The van der Waals surface area contributed by atoms with E-state index in [0.717, 1.165) is 0 Å². The van der Waals surface area contributed by atoms with Crippen LogP contribution in [0.25, 0.3) is 0 Å². The van der Waals surface area contributed by atoms with Gasteiger partial charge in [0.05, 0.1) is 16.9 Å². The maximum Gasteiger partial charge on any atom is 0.317 e. The van der Waals surface area contributed by atoms with E-state index in [1.807, 2.05) is 0 Å². The fourth-order valence-corrected chi connectivity index (χ4v) is 2.30. The molecule has 2 saturated heterocycles. The predicted octanol–water partition coefficient (Wildman–Crippen LogP) is -0.855. The fourth-order valence-electron chi connectivity index (χ4n) is 2.20. The second kappa shape index (κ2) is 4.48. The van der Waals surface area contributed by atoms with E-state index in [2.05, 4.69) is 5.32 Å². The van der Waals surface area contributed by atoms with Crippen molar-refractivity contribution in [2.45, 2.75) is 13.0 Å². The normalized spacial score (nSPS) is 25.2. The standard InChI is InChI=1S/C10H16N4O2S/c1-6(8(11)17)9(15)13-2-3-14-7(5-13)4-12-10(14)16/h6-7H,2-5H2,1H3,(H2,11,17)(H,12,16). The molecule has 0 saturated carbocycles. The van der Waals surface area contributed by atoms with Crippen LogP contribution in [-0.2, 0) is 4.79 Å². The predicted molar refractivity (Wildman–Crippen MR) is 66.4 cm³/mol. The topological polar surface area (TPSA) is 78.7 Å². The molecule has 2 fully saturated rings. The quantitative estimate of drug-likeness (QED) is 0.631. The van der Waals surface area contributed by atoms with Crippen molar-refractivity contribution < 1.29 is 9.59 Å². The van der Waals surface area contributed by atoms with E-state index in [1.165, 1.54) is 0 Å². The first-order chi connectivity index (χ1) is 8.00. The van der Waals surface area contributed by atoms with E-state index in [4.69, 9.17) is 18.0 Å². The summed E-state index contributed by atoms with van der Waals surface area (Å²) >= 11 is 4.83. The molecule has 6 nitrogen and oxygen atoms in total. The molecule has 2 aliphatic rings. The van der Waals surface area contributed by atoms with E-state index in [1.54, 1.807) is 16.7 Å². The third kappa shape index (κ3) is 2.19. The van der Waals surface area contributed by atoms with Crippen LogP contribution >= 0.6 is 12.2 Å². The zero-order chi connectivity index (χ0) is 12.6. The molecule has 0 aromatic carbocycles. The highest BCUT2D eigenvalue weighted by Gasteiger charge is 2.37. The van der Waals surface area contributed by atoms with Gasteiger partial charge in [0, 0.05) is 26.2 Å². The Morgan fingerprint density at radius 2 is 2.29 bits per heavy atom. The van der Waals surface area contributed by atoms with Crippen molar-refractivity contribution in [2.75, 3.05) is 26.2 Å². The second-order valence-electron chi connectivity index (χ2n) is 4.44. The summed E-state index contributed by atoms with van der Waals surface area (Å²) in [5.74, 6) is -0.474. The summed E-state index contributed by atoms with van der Waals surface area (Å²) in [5.41, 5.74) is 5.48. The molecule has 7 heteroatoms. The Morgan fingerprint density at radius 3 is 2.94 bits per heavy atom. The van der Waals surface area contributed by atoms with Crippen LogP contribution in [0.15, 0.2) is 0 Å². The molecule has 2 heterocycles. The highest BCUT2D eigenvalue weighted by molar-refractivity contribution is 7.80. The Bertz CT molecular complexity index is 373. The van der Waals surface area contributed by atoms with Gasteiger partial charge in [0.1, 0.15) is 0 Å². The lowest BCUT2D eigenvalue weighted by Crippen LogP contribution is -2.55. The number of fused-ring (bicyclic) bond motifs is 1. The SMILES string of the molecule is CC(C(=O)N1CCN2C(=O)NCC2C1)C(N)=S. The maximum atomic E-state index is 12.0. The molecule has 0 aliphatic carbocycles. The highest BCUT2D eigenvalue weighted by Crippen LogP contribution is 2.16. The van der Waals surface area contributed by atoms with Crippen molar-refractivity contribution in [1.82, 2.24) is 15.1 Å². The number of thiocarbonyl (C=S) groups is 1. The summed E-state index contributed by atoms with van der Waals surface area (Å²) in [4.78, 5) is 27.2. The van der Waals surface area contributed by atoms with E-state index in [9.17, 15) is 9.59 Å². The molecule has 2 atom stereocenters. The number of rotatable bonds is 2. The summed E-state index contributed by atoms with van der Waals surface area (Å²) in [5, 5.41) is 2.77. The van der Waals surface area contributed by atoms with Gasteiger partial charge in [-0.05, 0) is 6.92 Å². The molecule has 17 heavy (non-hydrogen) atoms. The molecule has 0 radical (unpaired) electrons. The summed E-state index contributed by atoms with van der Waals surface area (Å²) in [6, 6.07) is 0.0447. The van der Waals surface area contributed by atoms with Gasteiger partial charge in [-0.15, -0.1) is 0 Å². The summed E-state index contributed by atoms with van der Waals surface area (Å²) in [7, 11) is 0. The number of piperazine rings is 1. The van der Waals surface area contributed by atoms with Gasteiger partial charge in [-0.2, -0.15) is 0 Å². The van der Waals surface area contributed by atoms with Crippen LogP contribution < -0.4 is 11.1 Å². The van der Waals surface area contributed by atoms with Crippen LogP contribution in [0.5, 0.6) is 0 Å². The Kier molecular flexibility index (Phi) is 3.19. The van der Waals surface area contributed by atoms with Crippen LogP contribution in [0.4, 0.5) is 4.79 Å². The molecule has 2 rings (SSSR count). The third-order valence-electron chi connectivity index (χ3n) is 3.34. The van der Waals surface area contributed by atoms with Crippen LogP contribution in [0.3, 0.4) is 0 Å². The largest absolute Gasteiger partial charge is 0.393 e. The highest BCUT2D eigenvalue weighted by atomic mass is 32.1. The Morgan fingerprint density at radius 1 is 1.59 bits per heavy atom. The Hall–Kier alpha value is -1.37.